The van der Waals surface area contributed by atoms with Crippen LogP contribution in [0.1, 0.15) is 187 Å². The van der Waals surface area contributed by atoms with E-state index in [2.05, 4.69) is 13.8 Å². The Bertz CT molecular complexity index is 295. The van der Waals surface area contributed by atoms with Gasteiger partial charge in [0.05, 0.1) is 0 Å². The summed E-state index contributed by atoms with van der Waals surface area (Å²) in [5, 5.41) is 0. The second kappa shape index (κ2) is 36.9. The SMILES string of the molecule is [CH2-]CCCCCCCCCCCCCCCCCCCCCCCCCCCCC.[Cl][Zr]([Cl])[Cl]. The molecular formula is C30H61Cl3Zr-. The Hall–Kier alpha value is 1.75. The van der Waals surface area contributed by atoms with Gasteiger partial charge in [0.1, 0.15) is 0 Å². The Morgan fingerprint density at radius 1 is 0.353 bits per heavy atom. The van der Waals surface area contributed by atoms with Crippen molar-refractivity contribution in [1.82, 2.24) is 0 Å². The van der Waals surface area contributed by atoms with Crippen LogP contribution in [0.2, 0.25) is 0 Å². The van der Waals surface area contributed by atoms with Gasteiger partial charge in [-0.25, -0.2) is 0 Å². The van der Waals surface area contributed by atoms with E-state index in [1.54, 1.807) is 0 Å². The van der Waals surface area contributed by atoms with E-state index in [1.165, 1.54) is 173 Å². The molecule has 0 aromatic carbocycles. The zero-order valence-electron chi connectivity index (χ0n) is 23.1. The van der Waals surface area contributed by atoms with Gasteiger partial charge in [-0.2, -0.15) is 6.42 Å². The third-order valence-corrected chi connectivity index (χ3v) is 6.85. The van der Waals surface area contributed by atoms with Gasteiger partial charge < -0.3 is 6.92 Å². The summed E-state index contributed by atoms with van der Waals surface area (Å²) in [6, 6.07) is 0. The zero-order valence-corrected chi connectivity index (χ0v) is 27.9. The second-order valence-electron chi connectivity index (χ2n) is 10.3. The van der Waals surface area contributed by atoms with Gasteiger partial charge in [-0.1, -0.05) is 180 Å². The Balaban J connectivity index is 0. The number of halogens is 3. The molecule has 0 N–H and O–H groups in total. The zero-order chi connectivity index (χ0) is 25.4. The molecule has 0 amide bonds. The third kappa shape index (κ3) is 43.8. The van der Waals surface area contributed by atoms with E-state index in [-0.39, 0.29) is 0 Å². The molecule has 0 atom stereocenters. The maximum atomic E-state index is 5.00. The van der Waals surface area contributed by atoms with Crippen LogP contribution >= 0.6 is 25.5 Å². The van der Waals surface area contributed by atoms with Crippen LogP contribution in [0.3, 0.4) is 0 Å². The van der Waals surface area contributed by atoms with Gasteiger partial charge in [-0.3, -0.25) is 0 Å². The molecule has 0 aliphatic rings. The molecule has 0 heterocycles. The van der Waals surface area contributed by atoms with Crippen molar-refractivity contribution in [2.45, 2.75) is 187 Å². The summed E-state index contributed by atoms with van der Waals surface area (Å²) in [5.74, 6) is 0. The molecule has 0 saturated heterocycles. The number of rotatable bonds is 27. The van der Waals surface area contributed by atoms with Crippen LogP contribution < -0.4 is 0 Å². The summed E-state index contributed by atoms with van der Waals surface area (Å²) >= 11 is -2.13. The Morgan fingerprint density at radius 3 is 0.647 bits per heavy atom. The average Bonchev–Trinajstić information content (AvgIpc) is 2.81. The minimum atomic E-state index is -2.13. The standard InChI is InChI=1S/C30H61.3ClH.Zr/c1-3-5-7-9-11-13-15-17-19-21-23-25-27-29-30-28-26-24-22-20-18-16-14-12-10-8-6-4-2;;;;/h1,3-30H2,2H3;3*1H;/q-1;;;;+3/p-3. The van der Waals surface area contributed by atoms with E-state index in [1.807, 2.05) is 0 Å². The van der Waals surface area contributed by atoms with E-state index in [9.17, 15) is 0 Å². The monoisotopic (exact) mass is 616 g/mol. The Labute approximate surface area is 235 Å². The third-order valence-electron chi connectivity index (χ3n) is 6.85. The van der Waals surface area contributed by atoms with E-state index < -0.39 is 18.2 Å². The van der Waals surface area contributed by atoms with Gasteiger partial charge in [-0.15, -0.1) is 0 Å². The van der Waals surface area contributed by atoms with Crippen molar-refractivity contribution in [2.24, 2.45) is 0 Å². The predicted molar refractivity (Wildman–Crippen MR) is 158 cm³/mol. The number of unbranched alkanes of at least 4 members (excludes halogenated alkanes) is 27. The van der Waals surface area contributed by atoms with Gasteiger partial charge >= 0.3 is 43.7 Å². The molecular weight excluding hydrogens is 558 g/mol. The molecule has 0 saturated carbocycles. The fourth-order valence-corrected chi connectivity index (χ4v) is 4.67. The molecule has 0 unspecified atom stereocenters. The van der Waals surface area contributed by atoms with E-state index in [0.29, 0.717) is 0 Å². The number of hydrogen-bond acceptors (Lipinski definition) is 0. The van der Waals surface area contributed by atoms with Crippen molar-refractivity contribution in [3.8, 4) is 0 Å². The molecule has 0 radical (unpaired) electrons. The average molecular weight is 619 g/mol. The second-order valence-corrected chi connectivity index (χ2v) is 21.5. The van der Waals surface area contributed by atoms with Crippen molar-refractivity contribution in [3.63, 3.8) is 0 Å². The van der Waals surface area contributed by atoms with E-state index in [4.69, 9.17) is 25.5 Å². The molecule has 0 aliphatic heterocycles. The van der Waals surface area contributed by atoms with Crippen LogP contribution in [0.25, 0.3) is 0 Å². The van der Waals surface area contributed by atoms with Gasteiger partial charge in [0, 0.05) is 0 Å². The Morgan fingerprint density at radius 2 is 0.500 bits per heavy atom. The van der Waals surface area contributed by atoms with Crippen LogP contribution in [-0.4, -0.2) is 0 Å². The summed E-state index contributed by atoms with van der Waals surface area (Å²) in [5.41, 5.74) is 0. The van der Waals surface area contributed by atoms with Gasteiger partial charge in [0.15, 0.2) is 0 Å². The van der Waals surface area contributed by atoms with Crippen LogP contribution in [-0.2, 0) is 18.2 Å². The first kappa shape index (κ1) is 37.9. The molecule has 0 rings (SSSR count). The van der Waals surface area contributed by atoms with Crippen LogP contribution in [0.15, 0.2) is 0 Å². The quantitative estimate of drug-likeness (QED) is 0.0634. The fourth-order valence-electron chi connectivity index (χ4n) is 4.67. The normalized spacial score (nSPS) is 10.9. The summed E-state index contributed by atoms with van der Waals surface area (Å²) in [7, 11) is 15.0. The molecule has 207 valence electrons. The summed E-state index contributed by atoms with van der Waals surface area (Å²) in [4.78, 5) is 0. The van der Waals surface area contributed by atoms with Crippen molar-refractivity contribution < 1.29 is 18.2 Å². The molecule has 34 heavy (non-hydrogen) atoms. The predicted octanol–water partition coefficient (Wildman–Crippen LogP) is 13.8. The van der Waals surface area contributed by atoms with E-state index in [0.717, 1.165) is 6.42 Å². The van der Waals surface area contributed by atoms with Gasteiger partial charge in [0.25, 0.3) is 0 Å². The van der Waals surface area contributed by atoms with Crippen molar-refractivity contribution in [1.29, 1.82) is 0 Å². The van der Waals surface area contributed by atoms with Crippen molar-refractivity contribution in [2.75, 3.05) is 0 Å². The number of hydrogen-bond donors (Lipinski definition) is 0. The molecule has 0 aromatic rings. The Kier molecular flexibility index (Phi) is 41.1. The summed E-state index contributed by atoms with van der Waals surface area (Å²) in [6.07, 6.45) is 40.8. The molecule has 0 fully saturated rings. The summed E-state index contributed by atoms with van der Waals surface area (Å²) in [6.45, 7) is 6.22. The molecule has 0 aliphatic carbocycles. The van der Waals surface area contributed by atoms with Crippen LogP contribution in [0, 0.1) is 6.92 Å². The molecule has 0 nitrogen and oxygen atoms in total. The minimum absolute atomic E-state index is 1.12. The van der Waals surface area contributed by atoms with Crippen LogP contribution in [0.4, 0.5) is 0 Å². The first-order chi connectivity index (χ1) is 16.6. The molecule has 0 bridgehead atoms. The fraction of sp³-hybridized carbons (Fsp3) is 0.967. The first-order valence-corrected chi connectivity index (χ1v) is 24.8. The van der Waals surface area contributed by atoms with Crippen LogP contribution in [0.5, 0.6) is 0 Å². The van der Waals surface area contributed by atoms with Gasteiger partial charge in [0.2, 0.25) is 0 Å². The van der Waals surface area contributed by atoms with Crippen molar-refractivity contribution >= 4 is 25.5 Å². The topological polar surface area (TPSA) is 0 Å². The first-order valence-electron chi connectivity index (χ1n) is 15.3. The summed E-state index contributed by atoms with van der Waals surface area (Å²) < 4.78 is 0. The van der Waals surface area contributed by atoms with Gasteiger partial charge in [-0.05, 0) is 0 Å². The molecule has 0 aromatic heterocycles. The molecule has 0 spiro atoms. The maximum absolute atomic E-state index is 5.00. The van der Waals surface area contributed by atoms with Crippen molar-refractivity contribution in [3.05, 3.63) is 6.92 Å². The molecule has 4 heteroatoms. The van der Waals surface area contributed by atoms with E-state index >= 15 is 0 Å².